The molecule has 0 saturated heterocycles. The van der Waals surface area contributed by atoms with E-state index in [1.54, 1.807) is 7.11 Å². The third-order valence-electron chi connectivity index (χ3n) is 2.77. The third-order valence-corrected chi connectivity index (χ3v) is 3.28. The predicted molar refractivity (Wildman–Crippen MR) is 80.6 cm³/mol. The maximum Gasteiger partial charge on any atom is 0.233 e. The zero-order valence-electron chi connectivity index (χ0n) is 11.4. The number of methoxy groups -OCH3 is 1. The van der Waals surface area contributed by atoms with Crippen LogP contribution in [0.3, 0.4) is 0 Å². The highest BCUT2D eigenvalue weighted by Gasteiger charge is 2.21. The van der Waals surface area contributed by atoms with Crippen LogP contribution in [-0.4, -0.2) is 42.6 Å². The SMILES string of the molecule is C=N/C(C)=C\N(C)C1=C(OC)N=C(C(=O)CBr)CC1. The van der Waals surface area contributed by atoms with Gasteiger partial charge in [-0.2, -0.15) is 0 Å². The monoisotopic (exact) mass is 327 g/mol. The molecule has 104 valence electrons. The molecule has 0 aliphatic carbocycles. The zero-order valence-corrected chi connectivity index (χ0v) is 13.0. The van der Waals surface area contributed by atoms with Gasteiger partial charge in [-0.25, -0.2) is 4.99 Å². The summed E-state index contributed by atoms with van der Waals surface area (Å²) in [5.41, 5.74) is 2.28. The summed E-state index contributed by atoms with van der Waals surface area (Å²) in [6.45, 7) is 5.34. The Balaban J connectivity index is 3.05. The van der Waals surface area contributed by atoms with Gasteiger partial charge in [0.05, 0.1) is 29.5 Å². The molecule has 6 heteroatoms. The lowest BCUT2D eigenvalue weighted by Gasteiger charge is -2.24. The van der Waals surface area contributed by atoms with Crippen molar-refractivity contribution in [1.29, 1.82) is 0 Å². The van der Waals surface area contributed by atoms with Gasteiger partial charge in [0, 0.05) is 13.2 Å². The summed E-state index contributed by atoms with van der Waals surface area (Å²) >= 11 is 3.15. The number of rotatable bonds is 6. The standard InChI is InChI=1S/C13H18BrN3O2/c1-9(15-2)8-17(3)11-6-5-10(12(18)7-14)16-13(11)19-4/h8H,2,5-7H2,1,3-4H3/b9-8-. The Morgan fingerprint density at radius 3 is 2.84 bits per heavy atom. The molecule has 0 fully saturated rings. The van der Waals surface area contributed by atoms with Crippen molar-refractivity contribution in [2.24, 2.45) is 9.98 Å². The van der Waals surface area contributed by atoms with E-state index < -0.39 is 0 Å². The lowest BCUT2D eigenvalue weighted by atomic mass is 10.1. The van der Waals surface area contributed by atoms with Gasteiger partial charge in [0.25, 0.3) is 0 Å². The Morgan fingerprint density at radius 2 is 2.32 bits per heavy atom. The van der Waals surface area contributed by atoms with Crippen molar-refractivity contribution in [3.8, 4) is 0 Å². The molecule has 0 aromatic carbocycles. The van der Waals surface area contributed by atoms with Gasteiger partial charge < -0.3 is 9.64 Å². The van der Waals surface area contributed by atoms with Crippen molar-refractivity contribution in [2.45, 2.75) is 19.8 Å². The van der Waals surface area contributed by atoms with Crippen LogP contribution in [-0.2, 0) is 9.53 Å². The second kappa shape index (κ2) is 7.23. The lowest BCUT2D eigenvalue weighted by Crippen LogP contribution is -2.23. The van der Waals surface area contributed by atoms with Gasteiger partial charge in [-0.1, -0.05) is 15.9 Å². The van der Waals surface area contributed by atoms with Crippen molar-refractivity contribution in [3.63, 3.8) is 0 Å². The van der Waals surface area contributed by atoms with Crippen LogP contribution in [0.5, 0.6) is 0 Å². The van der Waals surface area contributed by atoms with Crippen molar-refractivity contribution < 1.29 is 9.53 Å². The highest BCUT2D eigenvalue weighted by Crippen LogP contribution is 2.24. The Morgan fingerprint density at radius 1 is 1.63 bits per heavy atom. The largest absolute Gasteiger partial charge is 0.480 e. The quantitative estimate of drug-likeness (QED) is 0.556. The fraction of sp³-hybridized carbons (Fsp3) is 0.462. The minimum absolute atomic E-state index is 0.00395. The molecule has 1 heterocycles. The Labute approximate surface area is 121 Å². The van der Waals surface area contributed by atoms with Crippen molar-refractivity contribution >= 4 is 34.1 Å². The van der Waals surface area contributed by atoms with Crippen LogP contribution in [0.15, 0.2) is 33.5 Å². The van der Waals surface area contributed by atoms with Crippen LogP contribution in [0.2, 0.25) is 0 Å². The number of alkyl halides is 1. The second-order valence-corrected chi connectivity index (χ2v) is 4.67. The van der Waals surface area contributed by atoms with E-state index in [2.05, 4.69) is 32.6 Å². The average molecular weight is 328 g/mol. The van der Waals surface area contributed by atoms with Crippen molar-refractivity contribution in [2.75, 3.05) is 19.5 Å². The van der Waals surface area contributed by atoms with Crippen LogP contribution in [0.4, 0.5) is 0 Å². The number of allylic oxidation sites excluding steroid dienone is 2. The molecule has 0 radical (unpaired) electrons. The van der Waals surface area contributed by atoms with Crippen LogP contribution >= 0.6 is 15.9 Å². The first-order valence-corrected chi connectivity index (χ1v) is 6.97. The third kappa shape index (κ3) is 4.02. The smallest absolute Gasteiger partial charge is 0.233 e. The van der Waals surface area contributed by atoms with Crippen LogP contribution in [0, 0.1) is 0 Å². The molecule has 0 unspecified atom stereocenters. The Hall–Kier alpha value is -1.43. The number of ketones is 1. The van der Waals surface area contributed by atoms with Crippen molar-refractivity contribution in [1.82, 2.24) is 4.90 Å². The molecule has 0 saturated carbocycles. The van der Waals surface area contributed by atoms with E-state index in [0.29, 0.717) is 24.4 Å². The number of halogens is 1. The molecule has 0 aromatic heterocycles. The topological polar surface area (TPSA) is 54.3 Å². The molecule has 1 rings (SSSR count). The number of carbonyl (C=O) groups is 1. The molecule has 0 N–H and O–H groups in total. The highest BCUT2D eigenvalue weighted by atomic mass is 79.9. The van der Waals surface area contributed by atoms with E-state index in [-0.39, 0.29) is 11.1 Å². The molecule has 0 bridgehead atoms. The average Bonchev–Trinajstić information content (AvgIpc) is 2.45. The van der Waals surface area contributed by atoms with Gasteiger partial charge in [-0.3, -0.25) is 9.79 Å². The summed E-state index contributed by atoms with van der Waals surface area (Å²) in [5, 5.41) is 0.285. The number of hydrogen-bond acceptors (Lipinski definition) is 5. The van der Waals surface area contributed by atoms with Gasteiger partial charge >= 0.3 is 0 Å². The Bertz CT molecular complexity index is 467. The maximum atomic E-state index is 11.6. The predicted octanol–water partition coefficient (Wildman–Crippen LogP) is 2.49. The zero-order chi connectivity index (χ0) is 14.4. The molecule has 0 atom stereocenters. The van der Waals surface area contributed by atoms with Gasteiger partial charge in [0.15, 0.2) is 5.78 Å². The molecule has 0 spiro atoms. The molecular weight excluding hydrogens is 310 g/mol. The van der Waals surface area contributed by atoms with Gasteiger partial charge in [-0.05, 0) is 26.5 Å². The number of hydrogen-bond donors (Lipinski definition) is 0. The molecule has 5 nitrogen and oxygen atoms in total. The van der Waals surface area contributed by atoms with E-state index in [1.807, 2.05) is 25.1 Å². The fourth-order valence-electron chi connectivity index (χ4n) is 1.76. The Kier molecular flexibility index (Phi) is 5.95. The van der Waals surface area contributed by atoms with Crippen LogP contribution in [0.1, 0.15) is 19.8 Å². The van der Waals surface area contributed by atoms with E-state index in [4.69, 9.17) is 4.74 Å². The van der Waals surface area contributed by atoms with Gasteiger partial charge in [0.1, 0.15) is 0 Å². The van der Waals surface area contributed by atoms with Crippen LogP contribution in [0.25, 0.3) is 0 Å². The first-order chi connectivity index (χ1) is 9.03. The summed E-state index contributed by atoms with van der Waals surface area (Å²) in [7, 11) is 3.45. The molecular formula is C13H18BrN3O2. The number of nitrogens with zero attached hydrogens (tertiary/aromatic N) is 3. The number of carbonyl (C=O) groups excluding carboxylic acids is 1. The summed E-state index contributed by atoms with van der Waals surface area (Å²) in [6.07, 6.45) is 3.18. The van der Waals surface area contributed by atoms with E-state index in [1.165, 1.54) is 0 Å². The van der Waals surface area contributed by atoms with E-state index >= 15 is 0 Å². The summed E-state index contributed by atoms with van der Waals surface area (Å²) in [5.74, 6) is 0.474. The normalized spacial score (nSPS) is 16.0. The lowest BCUT2D eigenvalue weighted by molar-refractivity contribution is -0.110. The first-order valence-electron chi connectivity index (χ1n) is 5.85. The minimum Gasteiger partial charge on any atom is -0.480 e. The maximum absolute atomic E-state index is 11.6. The molecule has 1 aliphatic rings. The number of ether oxygens (including phenoxy) is 1. The molecule has 0 amide bonds. The fourth-order valence-corrected chi connectivity index (χ4v) is 2.08. The second-order valence-electron chi connectivity index (χ2n) is 4.11. The number of Topliss-reactive ketones (excluding diaryl/α,β-unsaturated/α-hetero) is 1. The molecule has 19 heavy (non-hydrogen) atoms. The summed E-state index contributed by atoms with van der Waals surface area (Å²) in [6, 6.07) is 0. The summed E-state index contributed by atoms with van der Waals surface area (Å²) in [4.78, 5) is 21.7. The van der Waals surface area contributed by atoms with E-state index in [0.717, 1.165) is 11.4 Å². The highest BCUT2D eigenvalue weighted by molar-refractivity contribution is 9.09. The number of aliphatic imine (C=N–C) groups is 2. The molecule has 0 aromatic rings. The van der Waals surface area contributed by atoms with Gasteiger partial charge in [-0.15, -0.1) is 0 Å². The minimum atomic E-state index is -0.00395. The van der Waals surface area contributed by atoms with Crippen LogP contribution < -0.4 is 0 Å². The van der Waals surface area contributed by atoms with Gasteiger partial charge in [0.2, 0.25) is 5.88 Å². The van der Waals surface area contributed by atoms with E-state index in [9.17, 15) is 4.79 Å². The summed E-state index contributed by atoms with van der Waals surface area (Å²) < 4.78 is 5.27. The first kappa shape index (κ1) is 15.6. The molecule has 1 aliphatic heterocycles. The van der Waals surface area contributed by atoms with Crippen molar-refractivity contribution in [3.05, 3.63) is 23.5 Å².